The van der Waals surface area contributed by atoms with Crippen molar-refractivity contribution in [1.29, 1.82) is 0 Å². The molecule has 1 nitrogen and oxygen atoms in total. The van der Waals surface area contributed by atoms with Gasteiger partial charge in [0.1, 0.15) is 0 Å². The summed E-state index contributed by atoms with van der Waals surface area (Å²) in [4.78, 5) is 0. The highest BCUT2D eigenvalue weighted by Gasteiger charge is 2.11. The summed E-state index contributed by atoms with van der Waals surface area (Å²) in [6.07, 6.45) is 0.799. The minimum Gasteiger partial charge on any atom is -0.324 e. The first kappa shape index (κ1) is 14.1. The quantitative estimate of drug-likeness (QED) is 0.776. The number of benzene rings is 2. The number of nitrogens with two attached hydrogens (primary N) is 1. The van der Waals surface area contributed by atoms with Crippen LogP contribution in [0.15, 0.2) is 51.4 Å². The van der Waals surface area contributed by atoms with Gasteiger partial charge in [0.2, 0.25) is 0 Å². The molecule has 0 aromatic heterocycles. The predicted octanol–water partition coefficient (Wildman–Crippen LogP) is 5.11. The van der Waals surface area contributed by atoms with Gasteiger partial charge in [-0.05, 0) is 41.8 Å². The molecular weight excluding hydrogens is 377 g/mol. The van der Waals surface area contributed by atoms with E-state index in [0.717, 1.165) is 20.9 Å². The van der Waals surface area contributed by atoms with Crippen molar-refractivity contribution >= 4 is 43.5 Å². The van der Waals surface area contributed by atoms with E-state index in [0.29, 0.717) is 5.02 Å². The molecule has 94 valence electrons. The number of rotatable bonds is 3. The highest BCUT2D eigenvalue weighted by atomic mass is 79.9. The van der Waals surface area contributed by atoms with Crippen LogP contribution in [0.3, 0.4) is 0 Å². The third-order valence-corrected chi connectivity index (χ3v) is 4.18. The van der Waals surface area contributed by atoms with E-state index < -0.39 is 0 Å². The first-order valence-corrected chi connectivity index (χ1v) is 7.47. The predicted molar refractivity (Wildman–Crippen MR) is 83.9 cm³/mol. The van der Waals surface area contributed by atoms with Crippen molar-refractivity contribution in [1.82, 2.24) is 0 Å². The van der Waals surface area contributed by atoms with Crippen LogP contribution in [-0.2, 0) is 6.42 Å². The molecule has 2 aromatic rings. The summed E-state index contributed by atoms with van der Waals surface area (Å²) in [7, 11) is 0. The van der Waals surface area contributed by atoms with Crippen LogP contribution in [0.25, 0.3) is 0 Å². The molecule has 2 N–H and O–H groups in total. The Hall–Kier alpha value is -0.350. The van der Waals surface area contributed by atoms with E-state index in [1.807, 2.05) is 30.3 Å². The fourth-order valence-corrected chi connectivity index (χ4v) is 3.03. The zero-order valence-electron chi connectivity index (χ0n) is 9.54. The van der Waals surface area contributed by atoms with Gasteiger partial charge in [-0.15, -0.1) is 0 Å². The van der Waals surface area contributed by atoms with Gasteiger partial charge in [0.25, 0.3) is 0 Å². The Morgan fingerprint density at radius 3 is 2.33 bits per heavy atom. The van der Waals surface area contributed by atoms with Crippen LogP contribution in [0.4, 0.5) is 0 Å². The SMILES string of the molecule is NC(Cc1ccc(Br)cc1)c1ccc(Cl)cc1Br. The Kier molecular flexibility index (Phi) is 4.84. The van der Waals surface area contributed by atoms with Crippen molar-refractivity contribution in [2.45, 2.75) is 12.5 Å². The fourth-order valence-electron chi connectivity index (χ4n) is 1.79. The number of halogens is 3. The van der Waals surface area contributed by atoms with E-state index in [1.165, 1.54) is 5.56 Å². The van der Waals surface area contributed by atoms with Crippen molar-refractivity contribution in [2.75, 3.05) is 0 Å². The van der Waals surface area contributed by atoms with E-state index in [4.69, 9.17) is 17.3 Å². The molecule has 0 aliphatic carbocycles. The summed E-state index contributed by atoms with van der Waals surface area (Å²) in [6, 6.07) is 13.9. The van der Waals surface area contributed by atoms with Crippen LogP contribution < -0.4 is 5.73 Å². The van der Waals surface area contributed by atoms with Crippen LogP contribution in [0, 0.1) is 0 Å². The topological polar surface area (TPSA) is 26.0 Å². The molecule has 4 heteroatoms. The Labute approximate surface area is 129 Å². The second kappa shape index (κ2) is 6.20. The van der Waals surface area contributed by atoms with Gasteiger partial charge in [0.15, 0.2) is 0 Å². The maximum absolute atomic E-state index is 6.23. The van der Waals surface area contributed by atoms with E-state index in [9.17, 15) is 0 Å². The number of hydrogen-bond donors (Lipinski definition) is 1. The lowest BCUT2D eigenvalue weighted by Crippen LogP contribution is -2.13. The molecule has 0 heterocycles. The molecule has 0 saturated heterocycles. The van der Waals surface area contributed by atoms with Crippen LogP contribution in [0.5, 0.6) is 0 Å². The summed E-state index contributed by atoms with van der Waals surface area (Å²) in [5.41, 5.74) is 8.52. The van der Waals surface area contributed by atoms with Gasteiger partial charge in [-0.1, -0.05) is 61.7 Å². The lowest BCUT2D eigenvalue weighted by atomic mass is 10.00. The molecule has 0 saturated carbocycles. The average molecular weight is 390 g/mol. The molecule has 2 rings (SSSR count). The van der Waals surface area contributed by atoms with Gasteiger partial charge in [0, 0.05) is 20.0 Å². The Balaban J connectivity index is 2.16. The van der Waals surface area contributed by atoms with E-state index >= 15 is 0 Å². The maximum atomic E-state index is 6.23. The van der Waals surface area contributed by atoms with Gasteiger partial charge in [-0.2, -0.15) is 0 Å². The second-order valence-electron chi connectivity index (χ2n) is 4.10. The molecule has 0 aliphatic rings. The summed E-state index contributed by atoms with van der Waals surface area (Å²) in [5, 5.41) is 0.710. The highest BCUT2D eigenvalue weighted by molar-refractivity contribution is 9.10. The molecule has 0 radical (unpaired) electrons. The monoisotopic (exact) mass is 387 g/mol. The smallest absolute Gasteiger partial charge is 0.0417 e. The van der Waals surface area contributed by atoms with Crippen molar-refractivity contribution in [3.63, 3.8) is 0 Å². The van der Waals surface area contributed by atoms with Crippen LogP contribution >= 0.6 is 43.5 Å². The largest absolute Gasteiger partial charge is 0.324 e. The van der Waals surface area contributed by atoms with E-state index in [1.54, 1.807) is 0 Å². The molecule has 0 bridgehead atoms. The highest BCUT2D eigenvalue weighted by Crippen LogP contribution is 2.27. The molecule has 1 unspecified atom stereocenters. The molecule has 0 aliphatic heterocycles. The maximum Gasteiger partial charge on any atom is 0.0417 e. The fraction of sp³-hybridized carbons (Fsp3) is 0.143. The summed E-state index contributed by atoms with van der Waals surface area (Å²) in [5.74, 6) is 0. The van der Waals surface area contributed by atoms with Crippen molar-refractivity contribution in [2.24, 2.45) is 5.73 Å². The van der Waals surface area contributed by atoms with Gasteiger partial charge in [0.05, 0.1) is 0 Å². The third-order valence-electron chi connectivity index (χ3n) is 2.73. The van der Waals surface area contributed by atoms with Gasteiger partial charge in [-0.25, -0.2) is 0 Å². The summed E-state index contributed by atoms with van der Waals surface area (Å²) >= 11 is 12.8. The van der Waals surface area contributed by atoms with Crippen molar-refractivity contribution in [3.8, 4) is 0 Å². The minimum atomic E-state index is -0.0437. The first-order valence-electron chi connectivity index (χ1n) is 5.51. The lowest BCUT2D eigenvalue weighted by Gasteiger charge is -2.14. The Morgan fingerprint density at radius 2 is 1.72 bits per heavy atom. The second-order valence-corrected chi connectivity index (χ2v) is 6.31. The third kappa shape index (κ3) is 3.58. The molecule has 18 heavy (non-hydrogen) atoms. The van der Waals surface area contributed by atoms with E-state index in [-0.39, 0.29) is 6.04 Å². The van der Waals surface area contributed by atoms with Crippen LogP contribution in [0.2, 0.25) is 5.02 Å². The normalized spacial score (nSPS) is 12.4. The van der Waals surface area contributed by atoms with Crippen LogP contribution in [0.1, 0.15) is 17.2 Å². The van der Waals surface area contributed by atoms with Gasteiger partial charge < -0.3 is 5.73 Å². The summed E-state index contributed by atoms with van der Waals surface area (Å²) in [6.45, 7) is 0. The molecule has 1 atom stereocenters. The molecule has 2 aromatic carbocycles. The Morgan fingerprint density at radius 1 is 1.06 bits per heavy atom. The first-order chi connectivity index (χ1) is 8.56. The van der Waals surface area contributed by atoms with Crippen molar-refractivity contribution in [3.05, 3.63) is 67.6 Å². The average Bonchev–Trinajstić information content (AvgIpc) is 2.32. The van der Waals surface area contributed by atoms with E-state index in [2.05, 4.69) is 44.0 Å². The molecule has 0 spiro atoms. The molecular formula is C14H12Br2ClN. The lowest BCUT2D eigenvalue weighted by molar-refractivity contribution is 0.718. The van der Waals surface area contributed by atoms with Gasteiger partial charge >= 0.3 is 0 Å². The van der Waals surface area contributed by atoms with Crippen LogP contribution in [-0.4, -0.2) is 0 Å². The molecule has 0 amide bonds. The summed E-state index contributed by atoms with van der Waals surface area (Å²) < 4.78 is 2.03. The molecule has 0 fully saturated rings. The van der Waals surface area contributed by atoms with Crippen molar-refractivity contribution < 1.29 is 0 Å². The zero-order valence-corrected chi connectivity index (χ0v) is 13.5. The minimum absolute atomic E-state index is 0.0437. The standard InChI is InChI=1S/C14H12Br2ClN/c15-10-3-1-9(2-4-10)7-14(18)12-6-5-11(17)8-13(12)16/h1-6,8,14H,7,18H2. The van der Waals surface area contributed by atoms with Gasteiger partial charge in [-0.3, -0.25) is 0 Å². The zero-order chi connectivity index (χ0) is 13.1. The Bertz CT molecular complexity index is 540. The number of hydrogen-bond acceptors (Lipinski definition) is 1.